The second-order valence-electron chi connectivity index (χ2n) is 6.73. The zero-order chi connectivity index (χ0) is 16.4. The molecule has 0 unspecified atom stereocenters. The number of carbonyl (C=O) groups excluding carboxylic acids is 1. The minimum absolute atomic E-state index is 0.131. The number of hydrogen-bond acceptors (Lipinski definition) is 3. The van der Waals surface area contributed by atoms with Crippen molar-refractivity contribution < 1.29 is 4.79 Å². The van der Waals surface area contributed by atoms with E-state index in [1.807, 2.05) is 4.90 Å². The van der Waals surface area contributed by atoms with Gasteiger partial charge in [0.1, 0.15) is 0 Å². The standard InChI is InChI=1S/C20H23N3O/c24-20(17-7-9-21-10-8-17)23-13-11-22(12-14-23)19-6-5-16-3-1-2-4-18(16)15-19/h1-4,7-10,19H,5-6,11-15H2/t19-/m0/s1. The van der Waals surface area contributed by atoms with Gasteiger partial charge in [-0.15, -0.1) is 0 Å². The molecule has 4 nitrogen and oxygen atoms in total. The van der Waals surface area contributed by atoms with Crippen LogP contribution in [0.5, 0.6) is 0 Å². The normalized spacial score (nSPS) is 21.3. The fraction of sp³-hybridized carbons (Fsp3) is 0.400. The van der Waals surface area contributed by atoms with Gasteiger partial charge in [-0.2, -0.15) is 0 Å². The van der Waals surface area contributed by atoms with Crippen LogP contribution in [-0.4, -0.2) is 52.9 Å². The Balaban J connectivity index is 1.36. The van der Waals surface area contributed by atoms with Gasteiger partial charge in [-0.25, -0.2) is 0 Å². The van der Waals surface area contributed by atoms with E-state index in [0.29, 0.717) is 6.04 Å². The van der Waals surface area contributed by atoms with E-state index in [0.717, 1.165) is 38.2 Å². The average molecular weight is 321 g/mol. The number of nitrogens with zero attached hydrogens (tertiary/aromatic N) is 3. The van der Waals surface area contributed by atoms with E-state index in [-0.39, 0.29) is 5.91 Å². The molecule has 4 rings (SSSR count). The molecule has 1 fully saturated rings. The van der Waals surface area contributed by atoms with Crippen LogP contribution < -0.4 is 0 Å². The molecule has 1 saturated heterocycles. The summed E-state index contributed by atoms with van der Waals surface area (Å²) in [6.07, 6.45) is 6.92. The fourth-order valence-electron chi connectivity index (χ4n) is 3.96. The Morgan fingerprint density at radius 2 is 1.67 bits per heavy atom. The zero-order valence-electron chi connectivity index (χ0n) is 13.9. The van der Waals surface area contributed by atoms with Gasteiger partial charge in [0.15, 0.2) is 0 Å². The summed E-state index contributed by atoms with van der Waals surface area (Å²) in [4.78, 5) is 21.1. The number of aromatic nitrogens is 1. The van der Waals surface area contributed by atoms with Gasteiger partial charge in [0, 0.05) is 50.2 Å². The predicted molar refractivity (Wildman–Crippen MR) is 94.0 cm³/mol. The maximum Gasteiger partial charge on any atom is 0.254 e. The van der Waals surface area contributed by atoms with E-state index < -0.39 is 0 Å². The van der Waals surface area contributed by atoms with Gasteiger partial charge in [0.2, 0.25) is 0 Å². The SMILES string of the molecule is O=C(c1ccncc1)N1CCN([C@H]2CCc3ccccc3C2)CC1. The maximum atomic E-state index is 12.5. The van der Waals surface area contributed by atoms with E-state index in [9.17, 15) is 4.79 Å². The van der Waals surface area contributed by atoms with Crippen LogP contribution in [0, 0.1) is 0 Å². The highest BCUT2D eigenvalue weighted by molar-refractivity contribution is 5.94. The molecule has 124 valence electrons. The molecule has 4 heteroatoms. The smallest absolute Gasteiger partial charge is 0.254 e. The molecule has 0 radical (unpaired) electrons. The Hall–Kier alpha value is -2.20. The van der Waals surface area contributed by atoms with Crippen molar-refractivity contribution in [3.8, 4) is 0 Å². The first kappa shape index (κ1) is 15.3. The molecule has 2 aliphatic rings. The number of aryl methyl sites for hydroxylation is 1. The van der Waals surface area contributed by atoms with Gasteiger partial charge < -0.3 is 4.90 Å². The molecule has 24 heavy (non-hydrogen) atoms. The van der Waals surface area contributed by atoms with Gasteiger partial charge in [0.25, 0.3) is 5.91 Å². The molecule has 1 aromatic heterocycles. The van der Waals surface area contributed by atoms with Crippen molar-refractivity contribution in [2.75, 3.05) is 26.2 Å². The van der Waals surface area contributed by atoms with Gasteiger partial charge >= 0.3 is 0 Å². The minimum Gasteiger partial charge on any atom is -0.336 e. The van der Waals surface area contributed by atoms with Gasteiger partial charge in [-0.3, -0.25) is 14.7 Å². The molecular weight excluding hydrogens is 298 g/mol. The van der Waals surface area contributed by atoms with Crippen molar-refractivity contribution in [2.24, 2.45) is 0 Å². The largest absolute Gasteiger partial charge is 0.336 e. The number of fused-ring (bicyclic) bond motifs is 1. The summed E-state index contributed by atoms with van der Waals surface area (Å²) in [6.45, 7) is 3.59. The second-order valence-corrected chi connectivity index (χ2v) is 6.73. The molecule has 1 atom stereocenters. The van der Waals surface area contributed by atoms with Crippen molar-refractivity contribution in [1.82, 2.24) is 14.8 Å². The van der Waals surface area contributed by atoms with Crippen molar-refractivity contribution in [1.29, 1.82) is 0 Å². The lowest BCUT2D eigenvalue weighted by Crippen LogP contribution is -2.53. The van der Waals surface area contributed by atoms with Crippen LogP contribution in [0.1, 0.15) is 27.9 Å². The second kappa shape index (κ2) is 6.73. The first-order valence-corrected chi connectivity index (χ1v) is 8.81. The number of benzene rings is 1. The van der Waals surface area contributed by atoms with Crippen LogP contribution in [-0.2, 0) is 12.8 Å². The lowest BCUT2D eigenvalue weighted by atomic mass is 9.87. The van der Waals surface area contributed by atoms with E-state index in [2.05, 4.69) is 34.1 Å². The first-order chi connectivity index (χ1) is 11.8. The van der Waals surface area contributed by atoms with Gasteiger partial charge in [-0.1, -0.05) is 24.3 Å². The van der Waals surface area contributed by atoms with E-state index in [1.54, 1.807) is 24.5 Å². The Labute approximate surface area is 143 Å². The van der Waals surface area contributed by atoms with Gasteiger partial charge in [-0.05, 0) is 42.5 Å². The van der Waals surface area contributed by atoms with Crippen molar-refractivity contribution in [2.45, 2.75) is 25.3 Å². The van der Waals surface area contributed by atoms with Crippen molar-refractivity contribution in [3.05, 3.63) is 65.5 Å². The van der Waals surface area contributed by atoms with Gasteiger partial charge in [0.05, 0.1) is 0 Å². The van der Waals surface area contributed by atoms with Crippen molar-refractivity contribution >= 4 is 5.91 Å². The number of rotatable bonds is 2. The molecular formula is C20H23N3O. The molecule has 1 aliphatic heterocycles. The van der Waals surface area contributed by atoms with Crippen LogP contribution in [0.15, 0.2) is 48.8 Å². The molecule has 2 aromatic rings. The molecule has 0 N–H and O–H groups in total. The molecule has 0 bridgehead atoms. The highest BCUT2D eigenvalue weighted by atomic mass is 16.2. The summed E-state index contributed by atoms with van der Waals surface area (Å²) in [5, 5.41) is 0. The predicted octanol–water partition coefficient (Wildman–Crippen LogP) is 2.40. The Bertz CT molecular complexity index is 708. The fourth-order valence-corrected chi connectivity index (χ4v) is 3.96. The van der Waals surface area contributed by atoms with Crippen LogP contribution in [0.4, 0.5) is 0 Å². The highest BCUT2D eigenvalue weighted by Gasteiger charge is 2.28. The van der Waals surface area contributed by atoms with Crippen LogP contribution in [0.3, 0.4) is 0 Å². The van der Waals surface area contributed by atoms with E-state index >= 15 is 0 Å². The maximum absolute atomic E-state index is 12.5. The summed E-state index contributed by atoms with van der Waals surface area (Å²) in [5.74, 6) is 0.131. The van der Waals surface area contributed by atoms with Crippen molar-refractivity contribution in [3.63, 3.8) is 0 Å². The summed E-state index contributed by atoms with van der Waals surface area (Å²) < 4.78 is 0. The Morgan fingerprint density at radius 3 is 2.42 bits per heavy atom. The third kappa shape index (κ3) is 3.06. The van der Waals surface area contributed by atoms with Crippen LogP contribution in [0.2, 0.25) is 0 Å². The molecule has 0 spiro atoms. The number of pyridine rings is 1. The van der Waals surface area contributed by atoms with E-state index in [1.165, 1.54) is 24.0 Å². The minimum atomic E-state index is 0.131. The lowest BCUT2D eigenvalue weighted by molar-refractivity contribution is 0.0553. The lowest BCUT2D eigenvalue weighted by Gasteiger charge is -2.41. The highest BCUT2D eigenvalue weighted by Crippen LogP contribution is 2.25. The Morgan fingerprint density at radius 1 is 0.958 bits per heavy atom. The summed E-state index contributed by atoms with van der Waals surface area (Å²) in [7, 11) is 0. The number of piperazine rings is 1. The number of hydrogen-bond donors (Lipinski definition) is 0. The average Bonchev–Trinajstić information content (AvgIpc) is 2.68. The third-order valence-corrected chi connectivity index (χ3v) is 5.37. The molecule has 1 aliphatic carbocycles. The molecule has 1 aromatic carbocycles. The molecule has 1 amide bonds. The van der Waals surface area contributed by atoms with E-state index in [4.69, 9.17) is 0 Å². The summed E-state index contributed by atoms with van der Waals surface area (Å²) in [6, 6.07) is 13.0. The summed E-state index contributed by atoms with van der Waals surface area (Å²) >= 11 is 0. The number of amides is 1. The zero-order valence-corrected chi connectivity index (χ0v) is 13.9. The quantitative estimate of drug-likeness (QED) is 0.852. The van der Waals surface area contributed by atoms with Crippen LogP contribution in [0.25, 0.3) is 0 Å². The molecule has 0 saturated carbocycles. The third-order valence-electron chi connectivity index (χ3n) is 5.37. The molecule has 2 heterocycles. The van der Waals surface area contributed by atoms with Crippen LogP contribution >= 0.6 is 0 Å². The first-order valence-electron chi connectivity index (χ1n) is 8.81. The summed E-state index contributed by atoms with van der Waals surface area (Å²) in [5.41, 5.74) is 3.76. The number of carbonyl (C=O) groups is 1. The Kier molecular flexibility index (Phi) is 4.30. The monoisotopic (exact) mass is 321 g/mol. The topological polar surface area (TPSA) is 36.4 Å².